The summed E-state index contributed by atoms with van der Waals surface area (Å²) in [6.45, 7) is 2.41. The van der Waals surface area contributed by atoms with Crippen LogP contribution in [0.15, 0.2) is 76.1 Å². The van der Waals surface area contributed by atoms with Crippen molar-refractivity contribution in [2.75, 3.05) is 19.0 Å². The number of aryl methyl sites for hydroxylation is 1. The standard InChI is InChI=1S/C27H27NO5S/c1-2-7-22-24(15-14-23-26(28-33-27(22)23)19-8-4-3-5-9-19)31-16-6-17-34-21-12-10-20(11-13-21)32-18-25(29)30/h3-5,8-15H,2,6-7,16-18H2,1H3,(H,29,30). The third-order valence-electron chi connectivity index (χ3n) is 5.25. The van der Waals surface area contributed by atoms with Gasteiger partial charge in [0.25, 0.3) is 0 Å². The zero-order valence-electron chi connectivity index (χ0n) is 19.0. The molecule has 34 heavy (non-hydrogen) atoms. The molecule has 1 aromatic heterocycles. The maximum Gasteiger partial charge on any atom is 0.341 e. The Kier molecular flexibility index (Phi) is 8.09. The smallest absolute Gasteiger partial charge is 0.341 e. The van der Waals surface area contributed by atoms with Gasteiger partial charge in [-0.15, -0.1) is 11.8 Å². The number of rotatable bonds is 12. The second kappa shape index (κ2) is 11.6. The lowest BCUT2D eigenvalue weighted by Gasteiger charge is -2.11. The molecule has 0 amide bonds. The summed E-state index contributed by atoms with van der Waals surface area (Å²) in [5.74, 6) is 1.33. The topological polar surface area (TPSA) is 81.8 Å². The monoisotopic (exact) mass is 477 g/mol. The summed E-state index contributed by atoms with van der Waals surface area (Å²) in [5, 5.41) is 14.0. The van der Waals surface area contributed by atoms with Crippen LogP contribution in [0.2, 0.25) is 0 Å². The molecule has 0 radical (unpaired) electrons. The lowest BCUT2D eigenvalue weighted by molar-refractivity contribution is -0.139. The normalized spacial score (nSPS) is 11.0. The molecule has 1 N–H and O–H groups in total. The Bertz CT molecular complexity index is 1220. The molecule has 0 saturated carbocycles. The first-order valence-electron chi connectivity index (χ1n) is 11.3. The SMILES string of the molecule is CCCc1c(OCCCSc2ccc(OCC(=O)O)cc2)ccc2c(-c3ccccc3)noc12. The highest BCUT2D eigenvalue weighted by molar-refractivity contribution is 7.99. The van der Waals surface area contributed by atoms with Crippen molar-refractivity contribution in [2.45, 2.75) is 31.1 Å². The van der Waals surface area contributed by atoms with Gasteiger partial charge in [-0.05, 0) is 49.2 Å². The zero-order valence-corrected chi connectivity index (χ0v) is 19.8. The second-order valence-corrected chi connectivity index (χ2v) is 8.94. The minimum absolute atomic E-state index is 0.336. The summed E-state index contributed by atoms with van der Waals surface area (Å²) in [6.07, 6.45) is 2.73. The number of hydrogen-bond acceptors (Lipinski definition) is 6. The summed E-state index contributed by atoms with van der Waals surface area (Å²) in [5.41, 5.74) is 3.77. The Balaban J connectivity index is 1.34. The van der Waals surface area contributed by atoms with Crippen molar-refractivity contribution >= 4 is 28.7 Å². The highest BCUT2D eigenvalue weighted by atomic mass is 32.2. The lowest BCUT2D eigenvalue weighted by Crippen LogP contribution is -2.09. The first-order chi connectivity index (χ1) is 16.7. The summed E-state index contributed by atoms with van der Waals surface area (Å²) in [7, 11) is 0. The molecule has 4 rings (SSSR count). The first-order valence-corrected chi connectivity index (χ1v) is 12.3. The van der Waals surface area contributed by atoms with Crippen LogP contribution in [-0.2, 0) is 11.2 Å². The van der Waals surface area contributed by atoms with Gasteiger partial charge in [0.15, 0.2) is 12.2 Å². The van der Waals surface area contributed by atoms with E-state index in [1.165, 1.54) is 0 Å². The molecular formula is C27H27NO5S. The van der Waals surface area contributed by atoms with Crippen LogP contribution in [0.5, 0.6) is 11.5 Å². The van der Waals surface area contributed by atoms with Crippen molar-refractivity contribution in [3.8, 4) is 22.8 Å². The van der Waals surface area contributed by atoms with Crippen molar-refractivity contribution in [1.29, 1.82) is 0 Å². The maximum atomic E-state index is 10.6. The average Bonchev–Trinajstić information content (AvgIpc) is 3.29. The number of nitrogens with zero attached hydrogens (tertiary/aromatic N) is 1. The van der Waals surface area contributed by atoms with E-state index in [0.29, 0.717) is 12.4 Å². The van der Waals surface area contributed by atoms with Crippen LogP contribution in [0, 0.1) is 0 Å². The molecule has 0 atom stereocenters. The fourth-order valence-corrected chi connectivity index (χ4v) is 4.50. The molecule has 176 valence electrons. The van der Waals surface area contributed by atoms with Gasteiger partial charge < -0.3 is 19.1 Å². The van der Waals surface area contributed by atoms with Crippen LogP contribution in [0.25, 0.3) is 22.2 Å². The third-order valence-corrected chi connectivity index (χ3v) is 6.35. The van der Waals surface area contributed by atoms with Gasteiger partial charge in [-0.2, -0.15) is 0 Å². The summed E-state index contributed by atoms with van der Waals surface area (Å²) < 4.78 is 17.1. The number of aliphatic carboxylic acids is 1. The molecule has 0 aliphatic rings. The quantitative estimate of drug-likeness (QED) is 0.185. The number of hydrogen-bond donors (Lipinski definition) is 1. The number of aromatic nitrogens is 1. The van der Waals surface area contributed by atoms with E-state index in [-0.39, 0.29) is 6.61 Å². The minimum Gasteiger partial charge on any atom is -0.493 e. The van der Waals surface area contributed by atoms with Crippen molar-refractivity contribution in [3.63, 3.8) is 0 Å². The first kappa shape index (κ1) is 23.7. The number of fused-ring (bicyclic) bond motifs is 1. The van der Waals surface area contributed by atoms with E-state index in [2.05, 4.69) is 12.1 Å². The van der Waals surface area contributed by atoms with Crippen molar-refractivity contribution in [2.24, 2.45) is 0 Å². The van der Waals surface area contributed by atoms with Gasteiger partial charge in [-0.25, -0.2) is 4.79 Å². The van der Waals surface area contributed by atoms with Crippen molar-refractivity contribution < 1.29 is 23.9 Å². The molecule has 0 saturated heterocycles. The molecule has 0 unspecified atom stereocenters. The molecule has 4 aromatic rings. The van der Waals surface area contributed by atoms with E-state index in [1.54, 1.807) is 23.9 Å². The van der Waals surface area contributed by atoms with E-state index >= 15 is 0 Å². The maximum absolute atomic E-state index is 10.6. The Labute approximate surface area is 202 Å². The van der Waals surface area contributed by atoms with E-state index in [4.69, 9.17) is 19.1 Å². The van der Waals surface area contributed by atoms with Gasteiger partial charge in [0.1, 0.15) is 17.2 Å². The number of carboxylic acid groups (broad SMARTS) is 1. The highest BCUT2D eigenvalue weighted by Crippen LogP contribution is 2.35. The molecule has 6 nitrogen and oxygen atoms in total. The van der Waals surface area contributed by atoms with Gasteiger partial charge in [0.2, 0.25) is 0 Å². The molecule has 3 aromatic carbocycles. The lowest BCUT2D eigenvalue weighted by atomic mass is 10.0. The van der Waals surface area contributed by atoms with Crippen molar-refractivity contribution in [1.82, 2.24) is 5.16 Å². The molecular weight excluding hydrogens is 450 g/mol. The van der Waals surface area contributed by atoms with Crippen LogP contribution < -0.4 is 9.47 Å². The van der Waals surface area contributed by atoms with Gasteiger partial charge in [0.05, 0.1) is 12.0 Å². The Morgan fingerprint density at radius 2 is 1.82 bits per heavy atom. The van der Waals surface area contributed by atoms with Crippen LogP contribution >= 0.6 is 11.8 Å². The minimum atomic E-state index is -0.986. The van der Waals surface area contributed by atoms with E-state index in [0.717, 1.165) is 63.5 Å². The predicted molar refractivity (Wildman–Crippen MR) is 134 cm³/mol. The summed E-state index contributed by atoms with van der Waals surface area (Å²) >= 11 is 1.73. The van der Waals surface area contributed by atoms with Gasteiger partial charge in [0, 0.05) is 21.8 Å². The second-order valence-electron chi connectivity index (χ2n) is 7.77. The van der Waals surface area contributed by atoms with E-state index in [1.807, 2.05) is 54.6 Å². The largest absolute Gasteiger partial charge is 0.493 e. The highest BCUT2D eigenvalue weighted by Gasteiger charge is 2.17. The van der Waals surface area contributed by atoms with Gasteiger partial charge in [-0.1, -0.05) is 48.8 Å². The number of carbonyl (C=O) groups is 1. The van der Waals surface area contributed by atoms with E-state index < -0.39 is 5.97 Å². The van der Waals surface area contributed by atoms with E-state index in [9.17, 15) is 4.79 Å². The van der Waals surface area contributed by atoms with Crippen LogP contribution in [0.3, 0.4) is 0 Å². The molecule has 7 heteroatoms. The van der Waals surface area contributed by atoms with Crippen LogP contribution in [0.4, 0.5) is 0 Å². The zero-order chi connectivity index (χ0) is 23.8. The third kappa shape index (κ3) is 5.91. The van der Waals surface area contributed by atoms with Crippen LogP contribution in [0.1, 0.15) is 25.3 Å². The fourth-order valence-electron chi connectivity index (χ4n) is 3.68. The Morgan fingerprint density at radius 3 is 2.56 bits per heavy atom. The molecule has 0 bridgehead atoms. The average molecular weight is 478 g/mol. The van der Waals surface area contributed by atoms with Crippen LogP contribution in [-0.4, -0.2) is 35.2 Å². The van der Waals surface area contributed by atoms with Gasteiger partial charge in [-0.3, -0.25) is 0 Å². The molecule has 0 aliphatic heterocycles. The molecule has 1 heterocycles. The number of benzene rings is 3. The molecule has 0 spiro atoms. The number of thioether (sulfide) groups is 1. The molecule has 0 fully saturated rings. The summed E-state index contributed by atoms with van der Waals surface area (Å²) in [6, 6.07) is 21.6. The summed E-state index contributed by atoms with van der Waals surface area (Å²) in [4.78, 5) is 11.7. The van der Waals surface area contributed by atoms with Crippen molar-refractivity contribution in [3.05, 3.63) is 72.3 Å². The van der Waals surface area contributed by atoms with Gasteiger partial charge >= 0.3 is 5.97 Å². The number of carboxylic acids is 1. The fraction of sp³-hybridized carbons (Fsp3) is 0.259. The number of ether oxygens (including phenoxy) is 2. The predicted octanol–water partition coefficient (Wildman–Crippen LogP) is 6.47. The Morgan fingerprint density at radius 1 is 1.03 bits per heavy atom. The molecule has 0 aliphatic carbocycles. The Hall–Kier alpha value is -3.45.